The number of nitrogens with zero attached hydrogens (tertiary/aromatic N) is 2. The summed E-state index contributed by atoms with van der Waals surface area (Å²) < 4.78 is 1.31. The highest BCUT2D eigenvalue weighted by atomic mass is 35.5. The maximum Gasteiger partial charge on any atom is 0.261 e. The summed E-state index contributed by atoms with van der Waals surface area (Å²) in [6.45, 7) is 1.91. The molecule has 5 heteroatoms. The summed E-state index contributed by atoms with van der Waals surface area (Å²) in [5.74, 6) is -0.134. The minimum atomic E-state index is -0.270. The van der Waals surface area contributed by atoms with Crippen LogP contribution in [0.15, 0.2) is 53.6 Å². The molecule has 110 valence electrons. The average molecular weight is 313 g/mol. The lowest BCUT2D eigenvalue weighted by Gasteiger charge is -2.06. The SMILES string of the molecule is Cc1ccc(C(=O)Cn2cnc3ccc(Cl)cc3c2=O)cc1. The van der Waals surface area contributed by atoms with Crippen molar-refractivity contribution in [1.29, 1.82) is 0 Å². The van der Waals surface area contributed by atoms with Crippen LogP contribution in [0.1, 0.15) is 15.9 Å². The van der Waals surface area contributed by atoms with Crippen LogP contribution in [0.5, 0.6) is 0 Å². The Morgan fingerprint density at radius 2 is 1.91 bits per heavy atom. The lowest BCUT2D eigenvalue weighted by Crippen LogP contribution is -2.24. The molecule has 0 saturated carbocycles. The molecule has 0 unspecified atom stereocenters. The molecule has 0 bridgehead atoms. The van der Waals surface area contributed by atoms with E-state index >= 15 is 0 Å². The molecule has 0 N–H and O–H groups in total. The lowest BCUT2D eigenvalue weighted by atomic mass is 10.1. The number of Topliss-reactive ketones (excluding diaryl/α,β-unsaturated/α-hetero) is 1. The van der Waals surface area contributed by atoms with E-state index in [9.17, 15) is 9.59 Å². The van der Waals surface area contributed by atoms with E-state index in [4.69, 9.17) is 11.6 Å². The van der Waals surface area contributed by atoms with Crippen LogP contribution in [0.25, 0.3) is 10.9 Å². The van der Waals surface area contributed by atoms with Gasteiger partial charge in [-0.2, -0.15) is 0 Å². The van der Waals surface area contributed by atoms with Crippen LogP contribution in [0, 0.1) is 6.92 Å². The van der Waals surface area contributed by atoms with Gasteiger partial charge in [0.2, 0.25) is 0 Å². The smallest absolute Gasteiger partial charge is 0.261 e. The fraction of sp³-hybridized carbons (Fsp3) is 0.118. The molecule has 0 amide bonds. The summed E-state index contributed by atoms with van der Waals surface area (Å²) >= 11 is 5.92. The molecule has 0 saturated heterocycles. The third kappa shape index (κ3) is 2.78. The standard InChI is InChI=1S/C17H13ClN2O2/c1-11-2-4-12(5-3-11)16(21)9-20-10-19-15-7-6-13(18)8-14(15)17(20)22/h2-8,10H,9H2,1H3. The summed E-state index contributed by atoms with van der Waals surface area (Å²) in [4.78, 5) is 28.9. The topological polar surface area (TPSA) is 52.0 Å². The third-order valence-electron chi connectivity index (χ3n) is 3.47. The number of fused-ring (bicyclic) bond motifs is 1. The van der Waals surface area contributed by atoms with Crippen molar-refractivity contribution >= 4 is 28.3 Å². The highest BCUT2D eigenvalue weighted by molar-refractivity contribution is 6.31. The summed E-state index contributed by atoms with van der Waals surface area (Å²) in [6.07, 6.45) is 1.39. The van der Waals surface area contributed by atoms with Gasteiger partial charge in [-0.3, -0.25) is 14.2 Å². The average Bonchev–Trinajstić information content (AvgIpc) is 2.51. The normalized spacial score (nSPS) is 10.8. The Morgan fingerprint density at radius 3 is 2.64 bits per heavy atom. The maximum absolute atomic E-state index is 12.4. The molecule has 4 nitrogen and oxygen atoms in total. The molecule has 0 aliphatic heterocycles. The first-order valence-corrected chi connectivity index (χ1v) is 7.17. The number of halogens is 1. The predicted octanol–water partition coefficient (Wildman–Crippen LogP) is 3.24. The zero-order valence-electron chi connectivity index (χ0n) is 11.9. The van der Waals surface area contributed by atoms with E-state index < -0.39 is 0 Å². The Labute approximate surface area is 132 Å². The number of benzene rings is 2. The fourth-order valence-corrected chi connectivity index (χ4v) is 2.40. The first-order chi connectivity index (χ1) is 10.5. The first kappa shape index (κ1) is 14.5. The summed E-state index contributed by atoms with van der Waals surface area (Å²) in [7, 11) is 0. The summed E-state index contributed by atoms with van der Waals surface area (Å²) in [5, 5.41) is 0.876. The van der Waals surface area contributed by atoms with Gasteiger partial charge in [-0.15, -0.1) is 0 Å². The zero-order chi connectivity index (χ0) is 15.7. The van der Waals surface area contributed by atoms with Gasteiger partial charge in [0.25, 0.3) is 5.56 Å². The molecule has 3 rings (SSSR count). The van der Waals surface area contributed by atoms with E-state index in [0.717, 1.165) is 5.56 Å². The highest BCUT2D eigenvalue weighted by Gasteiger charge is 2.10. The van der Waals surface area contributed by atoms with Gasteiger partial charge >= 0.3 is 0 Å². The van der Waals surface area contributed by atoms with Crippen LogP contribution >= 0.6 is 11.6 Å². The van der Waals surface area contributed by atoms with Crippen LogP contribution in [0.2, 0.25) is 5.02 Å². The molecule has 0 aliphatic rings. The predicted molar refractivity (Wildman–Crippen MR) is 86.5 cm³/mol. The van der Waals surface area contributed by atoms with Crippen molar-refractivity contribution in [2.45, 2.75) is 13.5 Å². The highest BCUT2D eigenvalue weighted by Crippen LogP contribution is 2.14. The molecule has 0 atom stereocenters. The molecule has 0 radical (unpaired) electrons. The van der Waals surface area contributed by atoms with E-state index in [-0.39, 0.29) is 17.9 Å². The molecule has 0 fully saturated rings. The number of carbonyl (C=O) groups is 1. The monoisotopic (exact) mass is 312 g/mol. The van der Waals surface area contributed by atoms with Crippen molar-refractivity contribution in [3.63, 3.8) is 0 Å². The summed E-state index contributed by atoms with van der Waals surface area (Å²) in [5.41, 5.74) is 1.95. The molecule has 1 aromatic heterocycles. The van der Waals surface area contributed by atoms with Gasteiger partial charge in [0.1, 0.15) is 0 Å². The van der Waals surface area contributed by atoms with Crippen molar-refractivity contribution in [3.05, 3.63) is 75.3 Å². The number of ketones is 1. The minimum Gasteiger partial charge on any atom is -0.292 e. The molecule has 0 spiro atoms. The number of aryl methyl sites for hydroxylation is 1. The van der Waals surface area contributed by atoms with Crippen LogP contribution < -0.4 is 5.56 Å². The lowest BCUT2D eigenvalue weighted by molar-refractivity contribution is 0.0970. The van der Waals surface area contributed by atoms with E-state index in [1.807, 2.05) is 19.1 Å². The van der Waals surface area contributed by atoms with Crippen molar-refractivity contribution < 1.29 is 4.79 Å². The number of rotatable bonds is 3. The molecule has 1 heterocycles. The van der Waals surface area contributed by atoms with Gasteiger partial charge in [0.05, 0.1) is 23.8 Å². The van der Waals surface area contributed by atoms with Crippen LogP contribution in [-0.2, 0) is 6.54 Å². The van der Waals surface area contributed by atoms with Gasteiger partial charge in [-0.05, 0) is 25.1 Å². The van der Waals surface area contributed by atoms with E-state index in [1.165, 1.54) is 10.9 Å². The maximum atomic E-state index is 12.4. The molecule has 3 aromatic rings. The van der Waals surface area contributed by atoms with Gasteiger partial charge in [-0.25, -0.2) is 4.98 Å². The van der Waals surface area contributed by atoms with Crippen LogP contribution in [0.4, 0.5) is 0 Å². The number of hydrogen-bond donors (Lipinski definition) is 0. The second kappa shape index (κ2) is 5.73. The van der Waals surface area contributed by atoms with Crippen LogP contribution in [0.3, 0.4) is 0 Å². The van der Waals surface area contributed by atoms with Crippen molar-refractivity contribution in [3.8, 4) is 0 Å². The minimum absolute atomic E-state index is 0.0443. The molecule has 22 heavy (non-hydrogen) atoms. The number of hydrogen-bond acceptors (Lipinski definition) is 3. The first-order valence-electron chi connectivity index (χ1n) is 6.79. The fourth-order valence-electron chi connectivity index (χ4n) is 2.23. The summed E-state index contributed by atoms with van der Waals surface area (Å²) in [6, 6.07) is 12.2. The van der Waals surface area contributed by atoms with E-state index in [0.29, 0.717) is 21.5 Å². The molecular weight excluding hydrogens is 300 g/mol. The van der Waals surface area contributed by atoms with Gasteiger partial charge < -0.3 is 0 Å². The Balaban J connectivity index is 1.97. The third-order valence-corrected chi connectivity index (χ3v) is 3.71. The second-order valence-corrected chi connectivity index (χ2v) is 5.56. The van der Waals surface area contributed by atoms with Gasteiger partial charge in [-0.1, -0.05) is 41.4 Å². The molecule has 0 aliphatic carbocycles. The Morgan fingerprint density at radius 1 is 1.18 bits per heavy atom. The second-order valence-electron chi connectivity index (χ2n) is 5.13. The van der Waals surface area contributed by atoms with Crippen molar-refractivity contribution in [1.82, 2.24) is 9.55 Å². The van der Waals surface area contributed by atoms with Gasteiger partial charge in [0, 0.05) is 10.6 Å². The number of aromatic nitrogens is 2. The quantitative estimate of drug-likeness (QED) is 0.698. The van der Waals surface area contributed by atoms with Crippen molar-refractivity contribution in [2.24, 2.45) is 0 Å². The molecule has 2 aromatic carbocycles. The molecular formula is C17H13ClN2O2. The van der Waals surface area contributed by atoms with E-state index in [1.54, 1.807) is 30.3 Å². The Kier molecular flexibility index (Phi) is 3.77. The van der Waals surface area contributed by atoms with Crippen LogP contribution in [-0.4, -0.2) is 15.3 Å². The Bertz CT molecular complexity index is 914. The van der Waals surface area contributed by atoms with E-state index in [2.05, 4.69) is 4.98 Å². The van der Waals surface area contributed by atoms with Gasteiger partial charge in [0.15, 0.2) is 5.78 Å². The zero-order valence-corrected chi connectivity index (χ0v) is 12.7. The Hall–Kier alpha value is -2.46. The van der Waals surface area contributed by atoms with Crippen molar-refractivity contribution in [2.75, 3.05) is 0 Å². The number of carbonyl (C=O) groups excluding carboxylic acids is 1. The largest absolute Gasteiger partial charge is 0.292 e.